The Balaban J connectivity index is 1.48. The molecular formula is C21H21F3N2O. The van der Waals surface area contributed by atoms with Gasteiger partial charge in [0, 0.05) is 30.7 Å². The van der Waals surface area contributed by atoms with Gasteiger partial charge in [-0.25, -0.2) is 0 Å². The molecule has 2 aliphatic rings. The summed E-state index contributed by atoms with van der Waals surface area (Å²) in [4.78, 5) is 19.2. The second kappa shape index (κ2) is 7.08. The van der Waals surface area contributed by atoms with Crippen LogP contribution in [0.5, 0.6) is 0 Å². The number of hydrogen-bond acceptors (Lipinski definition) is 3. The number of Topliss-reactive ketones (excluding diaryl/α,β-unsaturated/α-hetero) is 1. The molecule has 0 N–H and O–H groups in total. The summed E-state index contributed by atoms with van der Waals surface area (Å²) < 4.78 is 38.8. The number of halogens is 3. The molecule has 0 amide bonds. The van der Waals surface area contributed by atoms with Crippen molar-refractivity contribution >= 4 is 5.78 Å². The number of pyridine rings is 1. The Labute approximate surface area is 156 Å². The zero-order valence-corrected chi connectivity index (χ0v) is 14.8. The molecule has 2 atom stereocenters. The average Bonchev–Trinajstić information content (AvgIpc) is 2.89. The summed E-state index contributed by atoms with van der Waals surface area (Å²) in [5, 5.41) is 0. The topological polar surface area (TPSA) is 33.2 Å². The minimum atomic E-state index is -4.46. The number of fused-ring (bicyclic) bond motifs is 2. The fraction of sp³-hybridized carbons (Fsp3) is 0.429. The maximum atomic E-state index is 12.9. The molecule has 1 aromatic heterocycles. The van der Waals surface area contributed by atoms with Crippen molar-refractivity contribution in [3.8, 4) is 0 Å². The summed E-state index contributed by atoms with van der Waals surface area (Å²) in [5.41, 5.74) is 0.370. The van der Waals surface area contributed by atoms with Crippen LogP contribution < -0.4 is 0 Å². The van der Waals surface area contributed by atoms with Gasteiger partial charge < -0.3 is 0 Å². The zero-order valence-electron chi connectivity index (χ0n) is 14.8. The number of piperidine rings is 1. The maximum absolute atomic E-state index is 12.9. The molecule has 6 heteroatoms. The van der Waals surface area contributed by atoms with Crippen LogP contribution in [0.1, 0.15) is 47.3 Å². The van der Waals surface area contributed by atoms with Gasteiger partial charge in [0.05, 0.1) is 5.56 Å². The second-order valence-electron chi connectivity index (χ2n) is 7.50. The summed E-state index contributed by atoms with van der Waals surface area (Å²) in [6.45, 7) is 0.860. The summed E-state index contributed by atoms with van der Waals surface area (Å²) in [6, 6.07) is 12.6. The van der Waals surface area contributed by atoms with Crippen molar-refractivity contribution in [1.82, 2.24) is 9.88 Å². The van der Waals surface area contributed by atoms with Gasteiger partial charge in [-0.3, -0.25) is 14.7 Å². The van der Waals surface area contributed by atoms with Crippen LogP contribution in [0.2, 0.25) is 0 Å². The van der Waals surface area contributed by atoms with Crippen molar-refractivity contribution in [2.24, 2.45) is 5.92 Å². The lowest BCUT2D eigenvalue weighted by atomic mass is 9.85. The van der Waals surface area contributed by atoms with Crippen molar-refractivity contribution in [3.05, 3.63) is 65.5 Å². The van der Waals surface area contributed by atoms with E-state index in [9.17, 15) is 18.0 Å². The van der Waals surface area contributed by atoms with Crippen LogP contribution in [0.15, 0.2) is 48.7 Å². The highest BCUT2D eigenvalue weighted by Crippen LogP contribution is 2.41. The first-order valence-corrected chi connectivity index (χ1v) is 9.29. The van der Waals surface area contributed by atoms with Gasteiger partial charge in [-0.15, -0.1) is 0 Å². The van der Waals surface area contributed by atoms with Crippen LogP contribution in [0.4, 0.5) is 13.2 Å². The van der Waals surface area contributed by atoms with E-state index in [-0.39, 0.29) is 17.4 Å². The molecule has 1 aromatic carbocycles. The summed E-state index contributed by atoms with van der Waals surface area (Å²) in [6.07, 6.45) is 0.0834. The normalized spacial score (nSPS) is 25.5. The molecule has 2 saturated heterocycles. The van der Waals surface area contributed by atoms with Crippen molar-refractivity contribution < 1.29 is 18.0 Å². The van der Waals surface area contributed by atoms with Crippen molar-refractivity contribution in [3.63, 3.8) is 0 Å². The first-order valence-electron chi connectivity index (χ1n) is 9.29. The molecule has 3 nitrogen and oxygen atoms in total. The van der Waals surface area contributed by atoms with Crippen LogP contribution in [0.3, 0.4) is 0 Å². The minimum Gasteiger partial charge on any atom is -0.293 e. The van der Waals surface area contributed by atoms with E-state index in [2.05, 4.69) is 22.0 Å². The molecule has 2 aromatic rings. The maximum Gasteiger partial charge on any atom is 0.416 e. The predicted molar refractivity (Wildman–Crippen MR) is 95.1 cm³/mol. The predicted octanol–water partition coefficient (Wildman–Crippen LogP) is 4.73. The highest BCUT2D eigenvalue weighted by molar-refractivity contribution is 5.96. The Morgan fingerprint density at radius 3 is 2.37 bits per heavy atom. The number of aromatic nitrogens is 1. The van der Waals surface area contributed by atoms with Gasteiger partial charge in [0.1, 0.15) is 5.69 Å². The number of nitrogens with zero attached hydrogens (tertiary/aromatic N) is 2. The molecule has 142 valence electrons. The van der Waals surface area contributed by atoms with Crippen molar-refractivity contribution in [2.45, 2.75) is 50.5 Å². The first kappa shape index (κ1) is 18.2. The monoisotopic (exact) mass is 374 g/mol. The number of carbonyl (C=O) groups is 1. The Kier molecular flexibility index (Phi) is 4.76. The Morgan fingerprint density at radius 1 is 1.07 bits per heavy atom. The molecule has 27 heavy (non-hydrogen) atoms. The SMILES string of the molecule is O=C(c1cc(C(F)(F)F)ccn1)C1CC2CCC(C1)N2Cc1ccccc1. The summed E-state index contributed by atoms with van der Waals surface area (Å²) >= 11 is 0. The number of alkyl halides is 3. The number of benzene rings is 1. The third-order valence-electron chi connectivity index (χ3n) is 5.80. The van der Waals surface area contributed by atoms with Gasteiger partial charge in [0.25, 0.3) is 0 Å². The van der Waals surface area contributed by atoms with Gasteiger partial charge in [0.2, 0.25) is 0 Å². The third-order valence-corrected chi connectivity index (χ3v) is 5.80. The van der Waals surface area contributed by atoms with Crippen LogP contribution >= 0.6 is 0 Å². The lowest BCUT2D eigenvalue weighted by Crippen LogP contribution is -2.44. The van der Waals surface area contributed by atoms with Gasteiger partial charge in [-0.05, 0) is 43.4 Å². The lowest BCUT2D eigenvalue weighted by molar-refractivity contribution is -0.137. The Bertz CT molecular complexity index is 808. The standard InChI is InChI=1S/C21H21F3N2O/c22-21(23,24)16-8-9-25-19(12-16)20(27)15-10-17-6-7-18(11-15)26(17)13-14-4-2-1-3-5-14/h1-5,8-9,12,15,17-18H,6-7,10-11,13H2. The molecule has 0 radical (unpaired) electrons. The Morgan fingerprint density at radius 2 is 1.74 bits per heavy atom. The molecule has 2 bridgehead atoms. The molecule has 4 rings (SSSR count). The number of ketones is 1. The average molecular weight is 374 g/mol. The third kappa shape index (κ3) is 3.76. The van der Waals surface area contributed by atoms with Crippen LogP contribution in [-0.2, 0) is 12.7 Å². The van der Waals surface area contributed by atoms with Crippen LogP contribution in [0.25, 0.3) is 0 Å². The van der Waals surface area contributed by atoms with E-state index in [0.717, 1.165) is 37.7 Å². The van der Waals surface area contributed by atoms with Crippen LogP contribution in [-0.4, -0.2) is 27.8 Å². The van der Waals surface area contributed by atoms with E-state index in [1.54, 1.807) is 0 Å². The van der Waals surface area contributed by atoms with E-state index >= 15 is 0 Å². The van der Waals surface area contributed by atoms with Crippen molar-refractivity contribution in [2.75, 3.05) is 0 Å². The van der Waals surface area contributed by atoms with Crippen LogP contribution in [0, 0.1) is 5.92 Å². The zero-order chi connectivity index (χ0) is 19.0. The molecule has 0 saturated carbocycles. The Hall–Kier alpha value is -2.21. The molecule has 0 aliphatic carbocycles. The summed E-state index contributed by atoms with van der Waals surface area (Å²) in [5.74, 6) is -0.497. The van der Waals surface area contributed by atoms with Gasteiger partial charge in [-0.2, -0.15) is 13.2 Å². The molecule has 3 heterocycles. The van der Waals surface area contributed by atoms with Crippen molar-refractivity contribution in [1.29, 1.82) is 0 Å². The fourth-order valence-corrected chi connectivity index (χ4v) is 4.49. The van der Waals surface area contributed by atoms with E-state index in [4.69, 9.17) is 0 Å². The highest BCUT2D eigenvalue weighted by atomic mass is 19.4. The molecule has 2 unspecified atom stereocenters. The smallest absolute Gasteiger partial charge is 0.293 e. The molecule has 2 aliphatic heterocycles. The molecule has 2 fully saturated rings. The summed E-state index contributed by atoms with van der Waals surface area (Å²) in [7, 11) is 0. The van der Waals surface area contributed by atoms with Gasteiger partial charge in [0.15, 0.2) is 5.78 Å². The van der Waals surface area contributed by atoms with E-state index in [1.165, 1.54) is 5.56 Å². The molecular weight excluding hydrogens is 353 g/mol. The number of hydrogen-bond donors (Lipinski definition) is 0. The molecule has 0 spiro atoms. The van der Waals surface area contributed by atoms with Gasteiger partial charge >= 0.3 is 6.18 Å². The minimum absolute atomic E-state index is 0.0641. The largest absolute Gasteiger partial charge is 0.416 e. The number of carbonyl (C=O) groups excluding carboxylic acids is 1. The lowest BCUT2D eigenvalue weighted by Gasteiger charge is -2.38. The number of rotatable bonds is 4. The van der Waals surface area contributed by atoms with E-state index < -0.39 is 11.7 Å². The quantitative estimate of drug-likeness (QED) is 0.726. The van der Waals surface area contributed by atoms with E-state index in [0.29, 0.717) is 24.9 Å². The fourth-order valence-electron chi connectivity index (χ4n) is 4.49. The second-order valence-corrected chi connectivity index (χ2v) is 7.50. The first-order chi connectivity index (χ1) is 12.9. The van der Waals surface area contributed by atoms with Gasteiger partial charge in [-0.1, -0.05) is 30.3 Å². The van der Waals surface area contributed by atoms with E-state index in [1.807, 2.05) is 18.2 Å². The highest BCUT2D eigenvalue weighted by Gasteiger charge is 2.43.